The van der Waals surface area contributed by atoms with Crippen molar-refractivity contribution in [1.29, 1.82) is 0 Å². The van der Waals surface area contributed by atoms with Crippen LogP contribution in [0.25, 0.3) is 0 Å². The summed E-state index contributed by atoms with van der Waals surface area (Å²) < 4.78 is 11.2. The van der Waals surface area contributed by atoms with Crippen molar-refractivity contribution in [3.8, 4) is 0 Å². The zero-order valence-electron chi connectivity index (χ0n) is 6.59. The minimum atomic E-state index is -1.67. The molecule has 2 nitrogen and oxygen atoms in total. The standard InChI is InChI=1S/C5H13O2PSeSi/c1-8(9)4-6-10(2,3)7-5-8/h4-5H2,1-3H3. The molecule has 0 spiro atoms. The molecule has 0 aromatic heterocycles. The molecule has 0 saturated carbocycles. The van der Waals surface area contributed by atoms with Crippen LogP contribution in [0.15, 0.2) is 0 Å². The summed E-state index contributed by atoms with van der Waals surface area (Å²) in [7, 11) is -1.67. The predicted octanol–water partition coefficient (Wildman–Crippen LogP) is 1.38. The van der Waals surface area contributed by atoms with Crippen molar-refractivity contribution in [1.82, 2.24) is 0 Å². The summed E-state index contributed by atoms with van der Waals surface area (Å²) in [5.74, 6) is 0. The van der Waals surface area contributed by atoms with E-state index in [0.29, 0.717) is 0 Å². The van der Waals surface area contributed by atoms with Crippen LogP contribution in [0.4, 0.5) is 0 Å². The van der Waals surface area contributed by atoms with Gasteiger partial charge in [-0.05, 0) is 0 Å². The molecule has 1 fully saturated rings. The van der Waals surface area contributed by atoms with Crippen LogP contribution < -0.4 is 0 Å². The summed E-state index contributed by atoms with van der Waals surface area (Å²) in [5, 5.41) is 0. The molecular weight excluding hydrogens is 230 g/mol. The summed E-state index contributed by atoms with van der Waals surface area (Å²) in [6.07, 6.45) is 1.82. The molecule has 1 aliphatic heterocycles. The van der Waals surface area contributed by atoms with Gasteiger partial charge in [-0.1, -0.05) is 0 Å². The Morgan fingerprint density at radius 1 is 1.30 bits per heavy atom. The minimum absolute atomic E-state index is 0.909. The van der Waals surface area contributed by atoms with Crippen LogP contribution in [0.5, 0.6) is 0 Å². The summed E-state index contributed by atoms with van der Waals surface area (Å²) in [5.41, 5.74) is -0.951. The van der Waals surface area contributed by atoms with E-state index in [9.17, 15) is 0 Å². The molecule has 1 saturated heterocycles. The van der Waals surface area contributed by atoms with Gasteiger partial charge >= 0.3 is 70.5 Å². The Morgan fingerprint density at radius 3 is 2.00 bits per heavy atom. The first-order valence-corrected chi connectivity index (χ1v) is 10.9. The van der Waals surface area contributed by atoms with Crippen molar-refractivity contribution in [2.24, 2.45) is 0 Å². The van der Waals surface area contributed by atoms with Crippen molar-refractivity contribution in [2.45, 2.75) is 13.1 Å². The van der Waals surface area contributed by atoms with E-state index in [-0.39, 0.29) is 0 Å². The fraction of sp³-hybridized carbons (Fsp3) is 1.00. The topological polar surface area (TPSA) is 18.5 Å². The van der Waals surface area contributed by atoms with Crippen LogP contribution in [0.2, 0.25) is 13.1 Å². The number of hydrogen-bond donors (Lipinski definition) is 0. The maximum atomic E-state index is 5.62. The van der Waals surface area contributed by atoms with Crippen molar-refractivity contribution in [2.75, 3.05) is 19.4 Å². The molecule has 0 unspecified atom stereocenters. The monoisotopic (exact) mass is 244 g/mol. The van der Waals surface area contributed by atoms with Crippen LogP contribution in [0, 0.1) is 0 Å². The predicted molar refractivity (Wildman–Crippen MR) is 48.0 cm³/mol. The normalized spacial score (nSPS) is 29.9. The fourth-order valence-corrected chi connectivity index (χ4v) is 7.48. The van der Waals surface area contributed by atoms with Gasteiger partial charge in [-0.3, -0.25) is 0 Å². The molecular formula is C5H13O2PSeSi. The number of rotatable bonds is 0. The van der Waals surface area contributed by atoms with Gasteiger partial charge in [0, 0.05) is 0 Å². The summed E-state index contributed by atoms with van der Waals surface area (Å²) in [4.78, 5) is 0. The van der Waals surface area contributed by atoms with Gasteiger partial charge < -0.3 is 0 Å². The van der Waals surface area contributed by atoms with Gasteiger partial charge in [0.25, 0.3) is 0 Å². The fourth-order valence-electron chi connectivity index (χ4n) is 0.663. The van der Waals surface area contributed by atoms with E-state index in [1.807, 2.05) is 0 Å². The van der Waals surface area contributed by atoms with Gasteiger partial charge in [0.2, 0.25) is 0 Å². The van der Waals surface area contributed by atoms with E-state index < -0.39 is 14.1 Å². The SMILES string of the molecule is C[Si]1(C)OCP(C)(=[Se])CO1. The molecule has 0 atom stereocenters. The first-order chi connectivity index (χ1) is 4.41. The second kappa shape index (κ2) is 2.85. The Balaban J connectivity index is 2.54. The Labute approximate surface area is 70.8 Å². The average Bonchev–Trinajstić information content (AvgIpc) is 1.79. The van der Waals surface area contributed by atoms with E-state index in [1.165, 1.54) is 0 Å². The molecule has 0 aliphatic carbocycles. The van der Waals surface area contributed by atoms with Crippen LogP contribution in [0.3, 0.4) is 0 Å². The van der Waals surface area contributed by atoms with Crippen molar-refractivity contribution in [3.63, 3.8) is 0 Å². The van der Waals surface area contributed by atoms with E-state index >= 15 is 0 Å². The van der Waals surface area contributed by atoms with Gasteiger partial charge in [0.15, 0.2) is 0 Å². The molecule has 60 valence electrons. The van der Waals surface area contributed by atoms with Crippen LogP contribution >= 0.6 is 5.51 Å². The Morgan fingerprint density at radius 2 is 1.70 bits per heavy atom. The van der Waals surface area contributed by atoms with Gasteiger partial charge in [0.05, 0.1) is 0 Å². The third-order valence-corrected chi connectivity index (χ3v) is 6.21. The van der Waals surface area contributed by atoms with Crippen molar-refractivity contribution in [3.05, 3.63) is 0 Å². The Kier molecular flexibility index (Phi) is 2.62. The molecule has 0 aromatic carbocycles. The van der Waals surface area contributed by atoms with E-state index in [0.717, 1.165) is 12.7 Å². The molecule has 1 heterocycles. The summed E-state index contributed by atoms with van der Waals surface area (Å²) in [6.45, 7) is 6.40. The number of hydrogen-bond acceptors (Lipinski definition) is 2. The van der Waals surface area contributed by atoms with Crippen LogP contribution in [-0.2, 0) is 8.85 Å². The molecule has 0 N–H and O–H groups in total. The first-order valence-electron chi connectivity index (χ1n) is 3.25. The molecule has 10 heavy (non-hydrogen) atoms. The van der Waals surface area contributed by atoms with Crippen molar-refractivity contribution >= 4 is 29.2 Å². The average molecular weight is 243 g/mol. The molecule has 0 amide bonds. The van der Waals surface area contributed by atoms with Crippen molar-refractivity contribution < 1.29 is 8.85 Å². The molecule has 0 radical (unpaired) electrons. The van der Waals surface area contributed by atoms with E-state index in [1.54, 1.807) is 0 Å². The second-order valence-electron chi connectivity index (χ2n) is 3.24. The third kappa shape index (κ3) is 2.61. The first kappa shape index (κ1) is 9.18. The molecule has 1 rings (SSSR count). The molecule has 0 aromatic rings. The zero-order valence-corrected chi connectivity index (χ0v) is 10.2. The van der Waals surface area contributed by atoms with Crippen LogP contribution in [0.1, 0.15) is 0 Å². The van der Waals surface area contributed by atoms with E-state index in [2.05, 4.69) is 34.9 Å². The second-order valence-corrected chi connectivity index (χ2v) is 15.3. The zero-order chi connectivity index (χ0) is 7.83. The quantitative estimate of drug-likeness (QED) is 0.472. The summed E-state index contributed by atoms with van der Waals surface area (Å²) >= 11 is 3.18. The third-order valence-electron chi connectivity index (χ3n) is 1.37. The van der Waals surface area contributed by atoms with Gasteiger partial charge in [-0.2, -0.15) is 0 Å². The van der Waals surface area contributed by atoms with E-state index in [4.69, 9.17) is 8.85 Å². The Hall–Kier alpha value is 1.09. The van der Waals surface area contributed by atoms with Crippen LogP contribution in [-0.4, -0.2) is 43.0 Å². The van der Waals surface area contributed by atoms with Gasteiger partial charge in [-0.15, -0.1) is 0 Å². The molecule has 5 heteroatoms. The maximum absolute atomic E-state index is 5.62. The Bertz CT molecular complexity index is 168. The van der Waals surface area contributed by atoms with Gasteiger partial charge in [-0.25, -0.2) is 0 Å². The molecule has 0 bridgehead atoms. The van der Waals surface area contributed by atoms with Gasteiger partial charge in [0.1, 0.15) is 0 Å². The summed E-state index contributed by atoms with van der Waals surface area (Å²) in [6, 6.07) is 0. The molecule has 1 aliphatic rings.